The summed E-state index contributed by atoms with van der Waals surface area (Å²) in [6, 6.07) is 12.6. The smallest absolute Gasteiger partial charge is 0.262 e. The summed E-state index contributed by atoms with van der Waals surface area (Å²) in [7, 11) is 0. The molecule has 3 aromatic rings. The van der Waals surface area contributed by atoms with Gasteiger partial charge in [-0.25, -0.2) is 4.98 Å². The van der Waals surface area contributed by atoms with Crippen LogP contribution in [0.1, 0.15) is 30.1 Å². The second-order valence-electron chi connectivity index (χ2n) is 7.02. The highest BCUT2D eigenvalue weighted by atomic mass is 79.9. The van der Waals surface area contributed by atoms with Crippen molar-refractivity contribution < 1.29 is 9.59 Å². The highest BCUT2D eigenvalue weighted by molar-refractivity contribution is 9.10. The van der Waals surface area contributed by atoms with Gasteiger partial charge in [0.05, 0.1) is 16.7 Å². The van der Waals surface area contributed by atoms with Crippen LogP contribution in [0.25, 0.3) is 10.9 Å². The SMILES string of the molecule is CCn1c(SCC(=O)c2cccc(N3CCCC3=O)c2)nc2ccc(Br)cc2c1=O. The molecule has 0 aliphatic carbocycles. The normalized spacial score (nSPS) is 13.9. The third-order valence-electron chi connectivity index (χ3n) is 5.08. The largest absolute Gasteiger partial charge is 0.312 e. The van der Waals surface area contributed by atoms with Crippen molar-refractivity contribution in [3.8, 4) is 0 Å². The maximum atomic E-state index is 12.8. The monoisotopic (exact) mass is 485 g/mol. The Bertz CT molecular complexity index is 1210. The van der Waals surface area contributed by atoms with E-state index in [2.05, 4.69) is 20.9 Å². The number of aromatic nitrogens is 2. The topological polar surface area (TPSA) is 72.3 Å². The average Bonchev–Trinajstić information content (AvgIpc) is 3.18. The Morgan fingerprint density at radius 2 is 2.03 bits per heavy atom. The zero-order valence-corrected chi connectivity index (χ0v) is 18.8. The molecule has 30 heavy (non-hydrogen) atoms. The van der Waals surface area contributed by atoms with Gasteiger partial charge in [0.25, 0.3) is 5.56 Å². The van der Waals surface area contributed by atoms with Gasteiger partial charge < -0.3 is 4.90 Å². The molecule has 0 atom stereocenters. The zero-order chi connectivity index (χ0) is 21.3. The summed E-state index contributed by atoms with van der Waals surface area (Å²) in [6.45, 7) is 3.04. The summed E-state index contributed by atoms with van der Waals surface area (Å²) >= 11 is 4.65. The fourth-order valence-electron chi connectivity index (χ4n) is 3.54. The quantitative estimate of drug-likeness (QED) is 0.296. The van der Waals surface area contributed by atoms with Crippen molar-refractivity contribution in [3.63, 3.8) is 0 Å². The standard InChI is InChI=1S/C22H20BrN3O3S/c1-2-25-21(29)17-12-15(23)8-9-18(17)24-22(25)30-13-19(27)14-5-3-6-16(11-14)26-10-4-7-20(26)28/h3,5-6,8-9,11-12H,2,4,7,10,13H2,1H3. The fourth-order valence-corrected chi connectivity index (χ4v) is 4.86. The molecule has 8 heteroatoms. The van der Waals surface area contributed by atoms with Gasteiger partial charge in [0.2, 0.25) is 5.91 Å². The number of anilines is 1. The minimum atomic E-state index is -0.117. The van der Waals surface area contributed by atoms with Gasteiger partial charge in [-0.15, -0.1) is 0 Å². The molecule has 1 fully saturated rings. The van der Waals surface area contributed by atoms with Crippen LogP contribution in [0.3, 0.4) is 0 Å². The first-order valence-corrected chi connectivity index (χ1v) is 11.5. The van der Waals surface area contributed by atoms with Crippen LogP contribution in [-0.2, 0) is 11.3 Å². The van der Waals surface area contributed by atoms with Crippen molar-refractivity contribution in [1.82, 2.24) is 9.55 Å². The van der Waals surface area contributed by atoms with E-state index in [1.54, 1.807) is 39.8 Å². The van der Waals surface area contributed by atoms with E-state index in [4.69, 9.17) is 0 Å². The minimum absolute atomic E-state index is 0.0682. The molecule has 1 amide bonds. The van der Waals surface area contributed by atoms with Crippen LogP contribution in [0.5, 0.6) is 0 Å². The molecule has 4 rings (SSSR count). The average molecular weight is 486 g/mol. The number of amides is 1. The third kappa shape index (κ3) is 4.06. The predicted octanol–water partition coefficient (Wildman–Crippen LogP) is 4.28. The predicted molar refractivity (Wildman–Crippen MR) is 122 cm³/mol. The first-order valence-electron chi connectivity index (χ1n) is 9.74. The van der Waals surface area contributed by atoms with E-state index in [0.29, 0.717) is 41.1 Å². The molecule has 0 unspecified atom stereocenters. The molecule has 0 bridgehead atoms. The molecule has 1 aliphatic rings. The molecular weight excluding hydrogens is 466 g/mol. The van der Waals surface area contributed by atoms with E-state index in [1.165, 1.54) is 11.8 Å². The molecule has 0 N–H and O–H groups in total. The number of hydrogen-bond acceptors (Lipinski definition) is 5. The highest BCUT2D eigenvalue weighted by Crippen LogP contribution is 2.25. The van der Waals surface area contributed by atoms with Gasteiger partial charge in [-0.2, -0.15) is 0 Å². The van der Waals surface area contributed by atoms with Crippen molar-refractivity contribution in [3.05, 3.63) is 62.9 Å². The number of thioether (sulfide) groups is 1. The summed E-state index contributed by atoms with van der Waals surface area (Å²) < 4.78 is 2.41. The Hall–Kier alpha value is -2.45. The molecule has 0 saturated carbocycles. The van der Waals surface area contributed by atoms with Gasteiger partial charge in [-0.05, 0) is 43.7 Å². The molecule has 1 aromatic heterocycles. The molecule has 1 saturated heterocycles. The van der Waals surface area contributed by atoms with Gasteiger partial charge in [0.1, 0.15) is 0 Å². The Balaban J connectivity index is 1.57. The first-order chi connectivity index (χ1) is 14.5. The van der Waals surface area contributed by atoms with Crippen LogP contribution in [-0.4, -0.2) is 33.5 Å². The Kier molecular flexibility index (Phi) is 6.06. The summed E-state index contributed by atoms with van der Waals surface area (Å²) in [5.41, 5.74) is 1.80. The maximum absolute atomic E-state index is 12.8. The van der Waals surface area contributed by atoms with Crippen molar-refractivity contribution in [2.45, 2.75) is 31.5 Å². The lowest BCUT2D eigenvalue weighted by atomic mass is 10.1. The number of carbonyl (C=O) groups excluding carboxylic acids is 2. The van der Waals surface area contributed by atoms with Crippen LogP contribution >= 0.6 is 27.7 Å². The van der Waals surface area contributed by atoms with E-state index >= 15 is 0 Å². The number of halogens is 1. The molecule has 6 nitrogen and oxygen atoms in total. The van der Waals surface area contributed by atoms with Gasteiger partial charge in [-0.1, -0.05) is 39.8 Å². The fraction of sp³-hybridized carbons (Fsp3) is 0.273. The van der Waals surface area contributed by atoms with Crippen molar-refractivity contribution >= 4 is 56.0 Å². The van der Waals surface area contributed by atoms with Gasteiger partial charge in [-0.3, -0.25) is 19.0 Å². The van der Waals surface area contributed by atoms with Crippen molar-refractivity contribution in [2.75, 3.05) is 17.2 Å². The van der Waals surface area contributed by atoms with E-state index in [1.807, 2.05) is 19.1 Å². The maximum Gasteiger partial charge on any atom is 0.262 e. The second-order valence-corrected chi connectivity index (χ2v) is 8.87. The number of rotatable bonds is 6. The number of carbonyl (C=O) groups is 2. The highest BCUT2D eigenvalue weighted by Gasteiger charge is 2.22. The first kappa shape index (κ1) is 20.8. The summed E-state index contributed by atoms with van der Waals surface area (Å²) in [6.07, 6.45) is 1.39. The summed E-state index contributed by atoms with van der Waals surface area (Å²) in [5.74, 6) is 0.181. The van der Waals surface area contributed by atoms with Gasteiger partial charge in [0.15, 0.2) is 10.9 Å². The van der Waals surface area contributed by atoms with Crippen LogP contribution in [0.4, 0.5) is 5.69 Å². The van der Waals surface area contributed by atoms with Crippen molar-refractivity contribution in [2.24, 2.45) is 0 Å². The van der Waals surface area contributed by atoms with Crippen LogP contribution in [0, 0.1) is 0 Å². The van der Waals surface area contributed by atoms with Crippen LogP contribution in [0.15, 0.2) is 56.9 Å². The molecule has 2 heterocycles. The number of fused-ring (bicyclic) bond motifs is 1. The molecule has 2 aromatic carbocycles. The van der Waals surface area contributed by atoms with Crippen LogP contribution < -0.4 is 10.5 Å². The Labute approximate surface area is 186 Å². The second kappa shape index (κ2) is 8.73. The molecule has 0 radical (unpaired) electrons. The molecular formula is C22H20BrN3O3S. The third-order valence-corrected chi connectivity index (χ3v) is 6.55. The van der Waals surface area contributed by atoms with E-state index in [9.17, 15) is 14.4 Å². The summed E-state index contributed by atoms with van der Waals surface area (Å²) in [4.78, 5) is 44.0. The lowest BCUT2D eigenvalue weighted by Gasteiger charge is -2.16. The molecule has 1 aliphatic heterocycles. The van der Waals surface area contributed by atoms with E-state index in [0.717, 1.165) is 16.6 Å². The lowest BCUT2D eigenvalue weighted by Crippen LogP contribution is -2.24. The number of hydrogen-bond donors (Lipinski definition) is 0. The number of nitrogens with zero attached hydrogens (tertiary/aromatic N) is 3. The summed E-state index contributed by atoms with van der Waals surface area (Å²) in [5, 5.41) is 1.07. The van der Waals surface area contributed by atoms with Crippen LogP contribution in [0.2, 0.25) is 0 Å². The molecule has 0 spiro atoms. The lowest BCUT2D eigenvalue weighted by molar-refractivity contribution is -0.117. The minimum Gasteiger partial charge on any atom is -0.312 e. The molecule has 154 valence electrons. The van der Waals surface area contributed by atoms with E-state index < -0.39 is 0 Å². The van der Waals surface area contributed by atoms with Gasteiger partial charge in [0, 0.05) is 35.2 Å². The number of Topliss-reactive ketones (excluding diaryl/α,β-unsaturated/α-hetero) is 1. The number of benzene rings is 2. The Morgan fingerprint density at radius 1 is 1.20 bits per heavy atom. The number of ketones is 1. The van der Waals surface area contributed by atoms with Crippen molar-refractivity contribution in [1.29, 1.82) is 0 Å². The van der Waals surface area contributed by atoms with Gasteiger partial charge >= 0.3 is 0 Å². The Morgan fingerprint density at radius 3 is 2.77 bits per heavy atom. The zero-order valence-electron chi connectivity index (χ0n) is 16.4. The van der Waals surface area contributed by atoms with E-state index in [-0.39, 0.29) is 23.0 Å².